The SMILES string of the molecule is C=CN(/C=C(C(N)=O)/C(/C=C\C(Cl)=C(/C)CC)=C/C)NC(c1cccc(C(F)(F)F)c1)C(C)CC. The van der Waals surface area contributed by atoms with Crippen molar-refractivity contribution in [1.82, 2.24) is 10.4 Å². The Labute approximate surface area is 211 Å². The second-order valence-electron chi connectivity index (χ2n) is 8.17. The molecular formula is C27H35ClF3N3O. The molecule has 1 aromatic rings. The van der Waals surface area contributed by atoms with Crippen LogP contribution in [0.4, 0.5) is 13.2 Å². The molecule has 0 fully saturated rings. The van der Waals surface area contributed by atoms with Crippen molar-refractivity contribution in [1.29, 1.82) is 0 Å². The smallest absolute Gasteiger partial charge is 0.366 e. The summed E-state index contributed by atoms with van der Waals surface area (Å²) >= 11 is 6.29. The summed E-state index contributed by atoms with van der Waals surface area (Å²) in [5.74, 6) is -0.712. The van der Waals surface area contributed by atoms with Crippen LogP contribution < -0.4 is 11.2 Å². The normalized spacial score (nSPS) is 15.6. The van der Waals surface area contributed by atoms with Crippen molar-refractivity contribution < 1.29 is 18.0 Å². The minimum absolute atomic E-state index is 0.0339. The van der Waals surface area contributed by atoms with Crippen LogP contribution in [0.1, 0.15) is 64.6 Å². The Bertz CT molecular complexity index is 1010. The van der Waals surface area contributed by atoms with Gasteiger partial charge in [0.05, 0.1) is 17.2 Å². The summed E-state index contributed by atoms with van der Waals surface area (Å²) in [6.45, 7) is 13.3. The molecule has 2 atom stereocenters. The third-order valence-corrected chi connectivity index (χ3v) is 6.22. The average molecular weight is 510 g/mol. The van der Waals surface area contributed by atoms with E-state index in [-0.39, 0.29) is 11.5 Å². The van der Waals surface area contributed by atoms with E-state index in [0.717, 1.165) is 24.1 Å². The Morgan fingerprint density at radius 2 is 1.94 bits per heavy atom. The van der Waals surface area contributed by atoms with E-state index in [9.17, 15) is 18.0 Å². The maximum absolute atomic E-state index is 13.3. The Balaban J connectivity index is 3.42. The van der Waals surface area contributed by atoms with E-state index < -0.39 is 23.7 Å². The summed E-state index contributed by atoms with van der Waals surface area (Å²) in [4.78, 5) is 12.3. The topological polar surface area (TPSA) is 58.4 Å². The summed E-state index contributed by atoms with van der Waals surface area (Å²) in [5.41, 5.74) is 10.3. The molecule has 0 heterocycles. The molecule has 0 saturated heterocycles. The number of hydrogen-bond donors (Lipinski definition) is 2. The Morgan fingerprint density at radius 3 is 2.43 bits per heavy atom. The summed E-state index contributed by atoms with van der Waals surface area (Å²) in [6, 6.07) is 4.71. The van der Waals surface area contributed by atoms with Gasteiger partial charge in [-0.15, -0.1) is 0 Å². The Kier molecular flexibility index (Phi) is 12.1. The quantitative estimate of drug-likeness (QED) is 0.174. The molecule has 3 N–H and O–H groups in total. The molecule has 1 aromatic carbocycles. The van der Waals surface area contributed by atoms with Crippen molar-refractivity contribution in [2.75, 3.05) is 0 Å². The molecule has 4 nitrogen and oxygen atoms in total. The minimum Gasteiger partial charge on any atom is -0.366 e. The number of carbonyl (C=O) groups excluding carboxylic acids is 1. The van der Waals surface area contributed by atoms with Gasteiger partial charge < -0.3 is 5.73 Å². The number of halogens is 4. The maximum atomic E-state index is 13.3. The third-order valence-electron chi connectivity index (χ3n) is 5.77. The van der Waals surface area contributed by atoms with Gasteiger partial charge in [0.25, 0.3) is 5.91 Å². The standard InChI is InChI=1S/C27H35ClF3N3O/c1-7-18(5)24(28)15-14-20(9-3)23(26(32)35)17-34(10-4)33-25(19(6)8-2)21-12-11-13-22(16-21)27(29,30)31/h9-17,19,25,33H,4,7-8H2,1-3,5-6H3,(H2,32,35)/b15-14-,20-9+,23-17-,24-18-. The van der Waals surface area contributed by atoms with Gasteiger partial charge in [-0.2, -0.15) is 13.2 Å². The van der Waals surface area contributed by atoms with Gasteiger partial charge >= 0.3 is 6.18 Å². The molecular weight excluding hydrogens is 475 g/mol. The van der Waals surface area contributed by atoms with E-state index in [2.05, 4.69) is 12.0 Å². The zero-order valence-electron chi connectivity index (χ0n) is 20.9. The van der Waals surface area contributed by atoms with E-state index in [0.29, 0.717) is 22.6 Å². The van der Waals surface area contributed by atoms with Crippen LogP contribution >= 0.6 is 11.6 Å². The fraction of sp³-hybridized carbons (Fsp3) is 0.370. The largest absolute Gasteiger partial charge is 0.416 e. The molecule has 0 saturated carbocycles. The highest BCUT2D eigenvalue weighted by Gasteiger charge is 2.31. The minimum atomic E-state index is -4.45. The molecule has 0 aliphatic rings. The van der Waals surface area contributed by atoms with E-state index in [1.54, 1.807) is 31.2 Å². The van der Waals surface area contributed by atoms with Gasteiger partial charge in [-0.05, 0) is 55.5 Å². The fourth-order valence-corrected chi connectivity index (χ4v) is 3.41. The van der Waals surface area contributed by atoms with E-state index in [1.807, 2.05) is 27.7 Å². The van der Waals surface area contributed by atoms with Crippen LogP contribution in [-0.2, 0) is 11.0 Å². The Morgan fingerprint density at radius 1 is 1.29 bits per heavy atom. The summed E-state index contributed by atoms with van der Waals surface area (Å²) in [5, 5.41) is 2.01. The molecule has 8 heteroatoms. The van der Waals surface area contributed by atoms with Gasteiger partial charge in [0, 0.05) is 17.4 Å². The predicted octanol–water partition coefficient (Wildman–Crippen LogP) is 7.54. The van der Waals surface area contributed by atoms with Crippen LogP contribution in [-0.4, -0.2) is 10.9 Å². The van der Waals surface area contributed by atoms with Gasteiger partial charge in [0.2, 0.25) is 0 Å². The molecule has 0 radical (unpaired) electrons. The second kappa shape index (κ2) is 14.0. The molecule has 0 spiro atoms. The van der Waals surface area contributed by atoms with E-state index >= 15 is 0 Å². The number of amides is 1. The highest BCUT2D eigenvalue weighted by atomic mass is 35.5. The number of nitrogens with one attached hydrogen (secondary N) is 1. The molecule has 35 heavy (non-hydrogen) atoms. The van der Waals surface area contributed by atoms with E-state index in [4.69, 9.17) is 17.3 Å². The van der Waals surface area contributed by atoms with Crippen molar-refractivity contribution in [3.63, 3.8) is 0 Å². The fourth-order valence-electron chi connectivity index (χ4n) is 3.21. The van der Waals surface area contributed by atoms with Crippen molar-refractivity contribution in [3.8, 4) is 0 Å². The number of nitrogens with two attached hydrogens (primary N) is 1. The van der Waals surface area contributed by atoms with Crippen LogP contribution in [0, 0.1) is 5.92 Å². The molecule has 0 bridgehead atoms. The number of benzene rings is 1. The monoisotopic (exact) mass is 509 g/mol. The van der Waals surface area contributed by atoms with Crippen LogP contribution in [0.3, 0.4) is 0 Å². The van der Waals surface area contributed by atoms with Crippen LogP contribution in [0.2, 0.25) is 0 Å². The number of hydrazine groups is 1. The third kappa shape index (κ3) is 9.07. The van der Waals surface area contributed by atoms with Crippen LogP contribution in [0.25, 0.3) is 0 Å². The maximum Gasteiger partial charge on any atom is 0.416 e. The molecule has 1 amide bonds. The van der Waals surface area contributed by atoms with Crippen molar-refractivity contribution in [3.05, 3.63) is 94.4 Å². The highest BCUT2D eigenvalue weighted by molar-refractivity contribution is 6.31. The zero-order valence-corrected chi connectivity index (χ0v) is 21.7. The Hall–Kier alpha value is -2.77. The van der Waals surface area contributed by atoms with Gasteiger partial charge in [0.1, 0.15) is 0 Å². The molecule has 0 aliphatic carbocycles. The predicted molar refractivity (Wildman–Crippen MR) is 138 cm³/mol. The van der Waals surface area contributed by atoms with Gasteiger partial charge in [-0.3, -0.25) is 9.80 Å². The lowest BCUT2D eigenvalue weighted by Crippen LogP contribution is -2.37. The lowest BCUT2D eigenvalue weighted by molar-refractivity contribution is -0.137. The number of alkyl halides is 3. The number of hydrogen-bond acceptors (Lipinski definition) is 3. The highest BCUT2D eigenvalue weighted by Crippen LogP contribution is 2.33. The van der Waals surface area contributed by atoms with Gasteiger partial charge in [-0.1, -0.05) is 75.2 Å². The second-order valence-corrected chi connectivity index (χ2v) is 8.58. The first-order valence-electron chi connectivity index (χ1n) is 11.4. The van der Waals surface area contributed by atoms with Crippen molar-refractivity contribution >= 4 is 17.5 Å². The molecule has 1 rings (SSSR count). The van der Waals surface area contributed by atoms with Crippen molar-refractivity contribution in [2.45, 2.75) is 59.7 Å². The molecule has 0 aliphatic heterocycles. The number of nitrogens with zero attached hydrogens (tertiary/aromatic N) is 1. The lowest BCUT2D eigenvalue weighted by atomic mass is 9.92. The van der Waals surface area contributed by atoms with E-state index in [1.165, 1.54) is 23.5 Å². The van der Waals surface area contributed by atoms with Crippen LogP contribution in [0.5, 0.6) is 0 Å². The first-order chi connectivity index (χ1) is 16.4. The zero-order chi connectivity index (χ0) is 26.8. The average Bonchev–Trinajstić information content (AvgIpc) is 2.83. The van der Waals surface area contributed by atoms with Crippen molar-refractivity contribution in [2.24, 2.45) is 11.7 Å². The lowest BCUT2D eigenvalue weighted by Gasteiger charge is -2.30. The summed E-state index contributed by atoms with van der Waals surface area (Å²) in [7, 11) is 0. The molecule has 0 aromatic heterocycles. The number of rotatable bonds is 12. The first kappa shape index (κ1) is 30.3. The molecule has 192 valence electrons. The molecule has 2 unspecified atom stereocenters. The number of allylic oxidation sites excluding steroid dienone is 5. The summed E-state index contributed by atoms with van der Waals surface area (Å²) < 4.78 is 39.9. The summed E-state index contributed by atoms with van der Waals surface area (Å²) in [6.07, 6.45) is 5.05. The van der Waals surface area contributed by atoms with Crippen LogP contribution in [0.15, 0.2) is 83.2 Å². The van der Waals surface area contributed by atoms with Gasteiger partial charge in [-0.25, -0.2) is 5.43 Å². The number of carbonyl (C=O) groups is 1. The van der Waals surface area contributed by atoms with Gasteiger partial charge in [0.15, 0.2) is 0 Å². The number of primary amides is 1. The first-order valence-corrected chi connectivity index (χ1v) is 11.8.